The van der Waals surface area contributed by atoms with Gasteiger partial charge in [-0.3, -0.25) is 10.1 Å². The van der Waals surface area contributed by atoms with E-state index in [9.17, 15) is 10.1 Å². The molecule has 0 aliphatic heterocycles. The number of rotatable bonds is 3. The molecule has 1 aliphatic carbocycles. The van der Waals surface area contributed by atoms with E-state index in [2.05, 4.69) is 17.4 Å². The van der Waals surface area contributed by atoms with Gasteiger partial charge in [-0.05, 0) is 54.7 Å². The van der Waals surface area contributed by atoms with Gasteiger partial charge in [-0.1, -0.05) is 6.07 Å². The number of benzene rings is 2. The average Bonchev–Trinajstić information content (AvgIpc) is 2.94. The molecular formula is C16H13N3O2. The zero-order chi connectivity index (χ0) is 14.8. The Kier molecular flexibility index (Phi) is 3.28. The minimum atomic E-state index is -0.544. The number of hydrogen-bond donors (Lipinski definition) is 1. The van der Waals surface area contributed by atoms with Crippen molar-refractivity contribution in [3.8, 4) is 6.07 Å². The van der Waals surface area contributed by atoms with E-state index in [1.54, 1.807) is 6.07 Å². The van der Waals surface area contributed by atoms with E-state index in [1.807, 2.05) is 12.1 Å². The zero-order valence-electron chi connectivity index (χ0n) is 11.3. The number of nitrogens with zero attached hydrogens (tertiary/aromatic N) is 2. The third kappa shape index (κ3) is 2.56. The van der Waals surface area contributed by atoms with Crippen molar-refractivity contribution in [1.29, 1.82) is 5.26 Å². The van der Waals surface area contributed by atoms with Crippen LogP contribution < -0.4 is 5.32 Å². The standard InChI is InChI=1S/C16H13N3O2/c17-10-13-9-15(6-7-16(13)19(20)21)18-14-5-4-11-2-1-3-12(11)8-14/h4-9,18H,1-3H2. The van der Waals surface area contributed by atoms with Crippen LogP contribution in [0.5, 0.6) is 0 Å². The molecule has 0 fully saturated rings. The van der Waals surface area contributed by atoms with Gasteiger partial charge in [-0.15, -0.1) is 0 Å². The van der Waals surface area contributed by atoms with E-state index < -0.39 is 4.92 Å². The molecule has 0 bridgehead atoms. The third-order valence-electron chi connectivity index (χ3n) is 3.70. The van der Waals surface area contributed by atoms with Gasteiger partial charge < -0.3 is 5.32 Å². The normalized spacial score (nSPS) is 12.5. The van der Waals surface area contributed by atoms with E-state index in [0.717, 1.165) is 18.5 Å². The Balaban J connectivity index is 1.88. The van der Waals surface area contributed by atoms with Crippen molar-refractivity contribution >= 4 is 17.1 Å². The van der Waals surface area contributed by atoms with E-state index in [0.29, 0.717) is 5.69 Å². The number of nitrogens with one attached hydrogen (secondary N) is 1. The summed E-state index contributed by atoms with van der Waals surface area (Å²) in [6.07, 6.45) is 3.41. The number of anilines is 2. The molecule has 2 aromatic carbocycles. The molecule has 0 spiro atoms. The molecular weight excluding hydrogens is 266 g/mol. The largest absolute Gasteiger partial charge is 0.355 e. The summed E-state index contributed by atoms with van der Waals surface area (Å²) in [4.78, 5) is 10.3. The lowest BCUT2D eigenvalue weighted by Gasteiger charge is -2.09. The molecule has 104 valence electrons. The van der Waals surface area contributed by atoms with Gasteiger partial charge in [0.25, 0.3) is 5.69 Å². The molecule has 0 saturated carbocycles. The lowest BCUT2D eigenvalue weighted by atomic mass is 10.1. The molecule has 0 radical (unpaired) electrons. The SMILES string of the molecule is N#Cc1cc(Nc2ccc3c(c2)CCC3)ccc1[N+](=O)[O-]. The Morgan fingerprint density at radius 3 is 2.57 bits per heavy atom. The van der Waals surface area contributed by atoms with E-state index in [-0.39, 0.29) is 11.3 Å². The number of nitro benzene ring substituents is 1. The fourth-order valence-electron chi connectivity index (χ4n) is 2.68. The Morgan fingerprint density at radius 2 is 1.81 bits per heavy atom. The maximum Gasteiger partial charge on any atom is 0.287 e. The van der Waals surface area contributed by atoms with E-state index in [1.165, 1.54) is 29.7 Å². The Labute approximate surface area is 122 Å². The molecule has 0 heterocycles. The van der Waals surface area contributed by atoms with Crippen molar-refractivity contribution in [3.05, 3.63) is 63.2 Å². The van der Waals surface area contributed by atoms with Crippen LogP contribution in [0.1, 0.15) is 23.1 Å². The Hall–Kier alpha value is -2.87. The van der Waals surface area contributed by atoms with Crippen molar-refractivity contribution in [2.45, 2.75) is 19.3 Å². The summed E-state index contributed by atoms with van der Waals surface area (Å²) >= 11 is 0. The maximum absolute atomic E-state index is 10.8. The number of hydrogen-bond acceptors (Lipinski definition) is 4. The highest BCUT2D eigenvalue weighted by Crippen LogP contribution is 2.28. The lowest BCUT2D eigenvalue weighted by Crippen LogP contribution is -1.96. The van der Waals surface area contributed by atoms with Crippen LogP contribution in [0.3, 0.4) is 0 Å². The second-order valence-corrected chi connectivity index (χ2v) is 5.06. The number of fused-ring (bicyclic) bond motifs is 1. The number of aryl methyl sites for hydroxylation is 2. The van der Waals surface area contributed by atoms with Gasteiger partial charge in [0.1, 0.15) is 11.6 Å². The molecule has 21 heavy (non-hydrogen) atoms. The quantitative estimate of drug-likeness (QED) is 0.686. The predicted molar refractivity (Wildman–Crippen MR) is 79.6 cm³/mol. The fraction of sp³-hybridized carbons (Fsp3) is 0.188. The van der Waals surface area contributed by atoms with Gasteiger partial charge in [0.15, 0.2) is 0 Å². The lowest BCUT2D eigenvalue weighted by molar-refractivity contribution is -0.385. The highest BCUT2D eigenvalue weighted by atomic mass is 16.6. The molecule has 0 unspecified atom stereocenters. The van der Waals surface area contributed by atoms with Gasteiger partial charge in [0.05, 0.1) is 4.92 Å². The van der Waals surface area contributed by atoms with Gasteiger partial charge >= 0.3 is 0 Å². The second-order valence-electron chi connectivity index (χ2n) is 5.06. The molecule has 0 saturated heterocycles. The van der Waals surface area contributed by atoms with Gasteiger partial charge in [-0.25, -0.2) is 0 Å². The fourth-order valence-corrected chi connectivity index (χ4v) is 2.68. The van der Waals surface area contributed by atoms with Crippen LogP contribution in [0.2, 0.25) is 0 Å². The summed E-state index contributed by atoms with van der Waals surface area (Å²) < 4.78 is 0. The summed E-state index contributed by atoms with van der Waals surface area (Å²) in [6.45, 7) is 0. The summed E-state index contributed by atoms with van der Waals surface area (Å²) in [5.74, 6) is 0. The van der Waals surface area contributed by atoms with Crippen LogP contribution in [0.25, 0.3) is 0 Å². The zero-order valence-corrected chi connectivity index (χ0v) is 11.3. The van der Waals surface area contributed by atoms with Crippen molar-refractivity contribution in [2.24, 2.45) is 0 Å². The molecule has 5 heteroatoms. The minimum Gasteiger partial charge on any atom is -0.355 e. The maximum atomic E-state index is 10.8. The highest BCUT2D eigenvalue weighted by Gasteiger charge is 2.14. The van der Waals surface area contributed by atoms with Crippen LogP contribution in [-0.4, -0.2) is 4.92 Å². The first-order chi connectivity index (χ1) is 10.2. The number of nitriles is 1. The first-order valence-corrected chi connectivity index (χ1v) is 6.75. The molecule has 0 atom stereocenters. The Bertz CT molecular complexity index is 763. The van der Waals surface area contributed by atoms with E-state index in [4.69, 9.17) is 5.26 Å². The average molecular weight is 279 g/mol. The monoisotopic (exact) mass is 279 g/mol. The highest BCUT2D eigenvalue weighted by molar-refractivity contribution is 5.66. The van der Waals surface area contributed by atoms with Crippen LogP contribution in [0, 0.1) is 21.4 Å². The second kappa shape index (κ2) is 5.25. The van der Waals surface area contributed by atoms with Gasteiger partial charge in [-0.2, -0.15) is 5.26 Å². The third-order valence-corrected chi connectivity index (χ3v) is 3.70. The summed E-state index contributed by atoms with van der Waals surface area (Å²) in [5.41, 5.74) is 4.25. The first kappa shape index (κ1) is 13.1. The van der Waals surface area contributed by atoms with Gasteiger partial charge in [0, 0.05) is 17.4 Å². The molecule has 1 N–H and O–H groups in total. The summed E-state index contributed by atoms with van der Waals surface area (Å²) in [6, 6.07) is 12.6. The summed E-state index contributed by atoms with van der Waals surface area (Å²) in [7, 11) is 0. The Morgan fingerprint density at radius 1 is 1.10 bits per heavy atom. The van der Waals surface area contributed by atoms with Crippen LogP contribution in [0.15, 0.2) is 36.4 Å². The van der Waals surface area contributed by atoms with E-state index >= 15 is 0 Å². The van der Waals surface area contributed by atoms with Crippen LogP contribution in [-0.2, 0) is 12.8 Å². The first-order valence-electron chi connectivity index (χ1n) is 6.75. The number of nitro groups is 1. The topological polar surface area (TPSA) is 79.0 Å². The molecule has 0 aromatic heterocycles. The van der Waals surface area contributed by atoms with Crippen molar-refractivity contribution in [2.75, 3.05) is 5.32 Å². The van der Waals surface area contributed by atoms with Crippen molar-refractivity contribution < 1.29 is 4.92 Å². The van der Waals surface area contributed by atoms with Crippen molar-refractivity contribution in [3.63, 3.8) is 0 Å². The molecule has 0 amide bonds. The molecule has 3 rings (SSSR count). The van der Waals surface area contributed by atoms with Gasteiger partial charge in [0.2, 0.25) is 0 Å². The minimum absolute atomic E-state index is 0.0613. The predicted octanol–water partition coefficient (Wildman–Crippen LogP) is 3.70. The summed E-state index contributed by atoms with van der Waals surface area (Å²) in [5, 5.41) is 23.0. The van der Waals surface area contributed by atoms with Crippen LogP contribution >= 0.6 is 0 Å². The van der Waals surface area contributed by atoms with Crippen molar-refractivity contribution in [1.82, 2.24) is 0 Å². The molecule has 2 aromatic rings. The molecule has 1 aliphatic rings. The molecule has 5 nitrogen and oxygen atoms in total. The smallest absolute Gasteiger partial charge is 0.287 e. The van der Waals surface area contributed by atoms with Crippen LogP contribution in [0.4, 0.5) is 17.1 Å².